The third-order valence-corrected chi connectivity index (χ3v) is 5.59. The summed E-state index contributed by atoms with van der Waals surface area (Å²) in [5, 5.41) is 18.5. The van der Waals surface area contributed by atoms with Gasteiger partial charge in [-0.1, -0.05) is 13.3 Å². The maximum Gasteiger partial charge on any atom is 0.327 e. The second-order valence-corrected chi connectivity index (χ2v) is 6.83. The summed E-state index contributed by atoms with van der Waals surface area (Å²) in [7, 11) is 0. The fourth-order valence-corrected chi connectivity index (χ4v) is 4.38. The fraction of sp³-hybridized carbons (Fsp3) is 0.857. The minimum atomic E-state index is -0.938. The van der Waals surface area contributed by atoms with Crippen molar-refractivity contribution < 1.29 is 19.8 Å². The summed E-state index contributed by atoms with van der Waals surface area (Å²) in [5.41, 5.74) is 0. The Balaban J connectivity index is 2.15. The zero-order valence-corrected chi connectivity index (χ0v) is 13.2. The van der Waals surface area contributed by atoms with Gasteiger partial charge in [0.2, 0.25) is 0 Å². The van der Waals surface area contributed by atoms with Crippen molar-refractivity contribution in [3.63, 3.8) is 0 Å². The predicted molar refractivity (Wildman–Crippen MR) is 81.2 cm³/mol. The summed E-state index contributed by atoms with van der Waals surface area (Å²) >= 11 is 1.55. The Morgan fingerprint density at radius 1 is 1.38 bits per heavy atom. The van der Waals surface area contributed by atoms with E-state index in [0.29, 0.717) is 5.75 Å². The van der Waals surface area contributed by atoms with Gasteiger partial charge < -0.3 is 15.1 Å². The quantitative estimate of drug-likeness (QED) is 0.777. The van der Waals surface area contributed by atoms with Crippen molar-refractivity contribution in [2.75, 3.05) is 18.9 Å². The van der Waals surface area contributed by atoms with E-state index in [0.717, 1.165) is 32.1 Å². The molecule has 2 rings (SSSR count). The van der Waals surface area contributed by atoms with E-state index >= 15 is 0 Å². The van der Waals surface area contributed by atoms with E-state index in [-0.39, 0.29) is 30.6 Å². The molecule has 2 N–H and O–H groups in total. The number of aliphatic carboxylic acids is 1. The Kier molecular flexibility index (Phi) is 5.75. The summed E-state index contributed by atoms with van der Waals surface area (Å²) in [6.45, 7) is 2.24. The van der Waals surface area contributed by atoms with Crippen molar-refractivity contribution in [1.29, 1.82) is 0 Å². The highest BCUT2D eigenvalue weighted by Crippen LogP contribution is 2.35. The Bertz CT molecular complexity index is 389. The highest BCUT2D eigenvalue weighted by molar-refractivity contribution is 8.00. The van der Waals surface area contributed by atoms with E-state index in [2.05, 4.69) is 0 Å². The number of hydrogen-bond acceptors (Lipinski definition) is 4. The average molecular weight is 316 g/mol. The summed E-state index contributed by atoms with van der Waals surface area (Å²) in [4.78, 5) is 27.5. The van der Waals surface area contributed by atoms with E-state index in [9.17, 15) is 19.8 Å². The Labute approximate surface area is 129 Å². The maximum absolute atomic E-state index is 12.8. The second-order valence-electron chi connectivity index (χ2n) is 5.62. The normalized spacial score (nSPS) is 25.7. The van der Waals surface area contributed by atoms with Gasteiger partial charge in [0.05, 0.1) is 12.0 Å². The van der Waals surface area contributed by atoms with Gasteiger partial charge in [0.1, 0.15) is 6.04 Å². The second kappa shape index (κ2) is 7.35. The number of carbonyl (C=O) groups excluding carboxylic acids is 1. The van der Waals surface area contributed by atoms with Crippen molar-refractivity contribution in [3.8, 4) is 0 Å². The molecule has 1 aliphatic heterocycles. The number of hydrogen-bond donors (Lipinski definition) is 2. The molecule has 0 spiro atoms. The molecule has 0 radical (unpaired) electrons. The molecule has 1 saturated carbocycles. The fourth-order valence-electron chi connectivity index (χ4n) is 2.87. The number of aliphatic hydroxyl groups excluding tert-OH is 1. The van der Waals surface area contributed by atoms with Crippen LogP contribution in [0.2, 0.25) is 0 Å². The lowest BCUT2D eigenvalue weighted by Crippen LogP contribution is -2.56. The molecule has 120 valence electrons. The minimum Gasteiger partial charge on any atom is -0.480 e. The lowest BCUT2D eigenvalue weighted by Gasteiger charge is -2.41. The smallest absolute Gasteiger partial charge is 0.327 e. The standard InChI is InChI=1S/C14H24N2O4S/c1-2-4-12-16(11(9-21-12)13(18)19)14(20)15(7-8-17)10-5-3-6-10/h10-12,17H,2-9H2,1H3,(H,18,19). The molecule has 2 fully saturated rings. The molecule has 1 saturated heterocycles. The number of carboxylic acids is 1. The molecule has 0 bridgehead atoms. The molecule has 7 heteroatoms. The summed E-state index contributed by atoms with van der Waals surface area (Å²) < 4.78 is 0. The molecule has 1 aliphatic carbocycles. The first-order valence-corrected chi connectivity index (χ1v) is 8.69. The van der Waals surface area contributed by atoms with Crippen LogP contribution in [0.5, 0.6) is 0 Å². The molecule has 0 aromatic carbocycles. The Hall–Kier alpha value is -0.950. The molecular formula is C14H24N2O4S. The number of thioether (sulfide) groups is 1. The van der Waals surface area contributed by atoms with Gasteiger partial charge in [-0.2, -0.15) is 0 Å². The monoisotopic (exact) mass is 316 g/mol. The predicted octanol–water partition coefficient (Wildman–Crippen LogP) is 1.58. The average Bonchev–Trinajstić information content (AvgIpc) is 2.79. The molecule has 2 aliphatic rings. The van der Waals surface area contributed by atoms with Crippen LogP contribution in [-0.2, 0) is 4.79 Å². The first-order chi connectivity index (χ1) is 10.1. The van der Waals surface area contributed by atoms with Gasteiger partial charge in [-0.15, -0.1) is 11.8 Å². The van der Waals surface area contributed by atoms with Crippen LogP contribution >= 0.6 is 11.8 Å². The number of urea groups is 1. The molecular weight excluding hydrogens is 292 g/mol. The number of nitrogens with zero attached hydrogens (tertiary/aromatic N) is 2. The molecule has 6 nitrogen and oxygen atoms in total. The molecule has 2 unspecified atom stereocenters. The van der Waals surface area contributed by atoms with Crippen LogP contribution < -0.4 is 0 Å². The third kappa shape index (κ3) is 3.45. The molecule has 0 aromatic rings. The van der Waals surface area contributed by atoms with Gasteiger partial charge >= 0.3 is 12.0 Å². The number of carboxylic acid groups (broad SMARTS) is 1. The topological polar surface area (TPSA) is 81.1 Å². The van der Waals surface area contributed by atoms with E-state index in [1.165, 1.54) is 4.90 Å². The molecule has 1 heterocycles. The zero-order valence-electron chi connectivity index (χ0n) is 12.4. The number of carbonyl (C=O) groups is 2. The van der Waals surface area contributed by atoms with Crippen LogP contribution in [0, 0.1) is 0 Å². The van der Waals surface area contributed by atoms with Gasteiger partial charge in [0.25, 0.3) is 0 Å². The maximum atomic E-state index is 12.8. The summed E-state index contributed by atoms with van der Waals surface area (Å²) in [5.74, 6) is -0.490. The SMILES string of the molecule is CCCC1SCC(C(=O)O)N1C(=O)N(CCO)C1CCC1. The van der Waals surface area contributed by atoms with Crippen molar-refractivity contribution >= 4 is 23.8 Å². The van der Waals surface area contributed by atoms with Gasteiger partial charge in [-0.25, -0.2) is 9.59 Å². The van der Waals surface area contributed by atoms with Gasteiger partial charge in [-0.3, -0.25) is 4.90 Å². The van der Waals surface area contributed by atoms with Crippen molar-refractivity contribution in [1.82, 2.24) is 9.80 Å². The van der Waals surface area contributed by atoms with Gasteiger partial charge in [-0.05, 0) is 25.7 Å². The highest BCUT2D eigenvalue weighted by Gasteiger charge is 2.44. The Morgan fingerprint density at radius 3 is 2.57 bits per heavy atom. The zero-order chi connectivity index (χ0) is 15.4. The van der Waals surface area contributed by atoms with Gasteiger partial charge in [0.15, 0.2) is 0 Å². The van der Waals surface area contributed by atoms with Crippen LogP contribution in [-0.4, -0.2) is 68.4 Å². The van der Waals surface area contributed by atoms with Crippen molar-refractivity contribution in [2.45, 2.75) is 56.5 Å². The summed E-state index contributed by atoms with van der Waals surface area (Å²) in [6.07, 6.45) is 4.70. The van der Waals surface area contributed by atoms with Crippen LogP contribution in [0.1, 0.15) is 39.0 Å². The number of amides is 2. The van der Waals surface area contributed by atoms with Gasteiger partial charge in [0, 0.05) is 18.3 Å². The first kappa shape index (κ1) is 16.4. The van der Waals surface area contributed by atoms with Crippen molar-refractivity contribution in [3.05, 3.63) is 0 Å². The molecule has 21 heavy (non-hydrogen) atoms. The highest BCUT2D eigenvalue weighted by atomic mass is 32.2. The minimum absolute atomic E-state index is 0.0649. The van der Waals surface area contributed by atoms with E-state index in [1.54, 1.807) is 16.7 Å². The number of aliphatic hydroxyl groups is 1. The van der Waals surface area contributed by atoms with Crippen LogP contribution in [0.25, 0.3) is 0 Å². The van der Waals surface area contributed by atoms with E-state index < -0.39 is 12.0 Å². The summed E-state index contributed by atoms with van der Waals surface area (Å²) in [6, 6.07) is -0.808. The lowest BCUT2D eigenvalue weighted by atomic mass is 9.91. The molecule has 2 atom stereocenters. The van der Waals surface area contributed by atoms with E-state index in [1.807, 2.05) is 6.92 Å². The number of rotatable bonds is 6. The van der Waals surface area contributed by atoms with Crippen LogP contribution in [0.4, 0.5) is 4.79 Å². The molecule has 2 amide bonds. The molecule has 0 aromatic heterocycles. The largest absolute Gasteiger partial charge is 0.480 e. The van der Waals surface area contributed by atoms with E-state index in [4.69, 9.17) is 0 Å². The third-order valence-electron chi connectivity index (χ3n) is 4.24. The first-order valence-electron chi connectivity index (χ1n) is 7.64. The Morgan fingerprint density at radius 2 is 2.10 bits per heavy atom. The van der Waals surface area contributed by atoms with Crippen LogP contribution in [0.15, 0.2) is 0 Å². The van der Waals surface area contributed by atoms with Crippen LogP contribution in [0.3, 0.4) is 0 Å². The lowest BCUT2D eigenvalue weighted by molar-refractivity contribution is -0.141. The van der Waals surface area contributed by atoms with Crippen molar-refractivity contribution in [2.24, 2.45) is 0 Å².